The van der Waals surface area contributed by atoms with Gasteiger partial charge in [0.15, 0.2) is 0 Å². The molecule has 6 heteroatoms. The molecule has 110 valence electrons. The predicted molar refractivity (Wildman–Crippen MR) is 70.3 cm³/mol. The number of carbonyl (C=O) groups is 1. The van der Waals surface area contributed by atoms with Crippen molar-refractivity contribution >= 4 is 11.6 Å². The Morgan fingerprint density at radius 1 is 1.30 bits per heavy atom. The number of aryl methyl sites for hydroxylation is 1. The van der Waals surface area contributed by atoms with Gasteiger partial charge in [-0.05, 0) is 37.5 Å². The maximum absolute atomic E-state index is 12.6. The quantitative estimate of drug-likeness (QED) is 0.807. The highest BCUT2D eigenvalue weighted by Crippen LogP contribution is 2.34. The largest absolute Gasteiger partial charge is 0.398 e. The molecule has 1 heterocycles. The van der Waals surface area contributed by atoms with Crippen LogP contribution in [-0.2, 0) is 0 Å². The molecule has 0 saturated carbocycles. The summed E-state index contributed by atoms with van der Waals surface area (Å²) in [5.74, 6) is -1.55. The van der Waals surface area contributed by atoms with Gasteiger partial charge in [-0.2, -0.15) is 13.2 Å². The zero-order valence-corrected chi connectivity index (χ0v) is 11.2. The van der Waals surface area contributed by atoms with E-state index in [1.807, 2.05) is 6.92 Å². The molecule has 2 rings (SSSR count). The average Bonchev–Trinajstić information content (AvgIpc) is 2.40. The van der Waals surface area contributed by atoms with Gasteiger partial charge in [0.25, 0.3) is 5.91 Å². The molecule has 1 saturated heterocycles. The number of hydrogen-bond donors (Lipinski definition) is 1. The average molecular weight is 286 g/mol. The van der Waals surface area contributed by atoms with Crippen molar-refractivity contribution in [2.75, 3.05) is 18.8 Å². The van der Waals surface area contributed by atoms with E-state index in [9.17, 15) is 18.0 Å². The third kappa shape index (κ3) is 3.05. The Morgan fingerprint density at radius 2 is 1.90 bits per heavy atom. The highest BCUT2D eigenvalue weighted by molar-refractivity contribution is 5.95. The minimum Gasteiger partial charge on any atom is -0.398 e. The van der Waals surface area contributed by atoms with Gasteiger partial charge in [0.2, 0.25) is 0 Å². The number of nitrogens with two attached hydrogens (primary N) is 1. The molecule has 0 aliphatic carbocycles. The molecule has 0 atom stereocenters. The van der Waals surface area contributed by atoms with E-state index < -0.39 is 12.1 Å². The van der Waals surface area contributed by atoms with Gasteiger partial charge < -0.3 is 10.6 Å². The van der Waals surface area contributed by atoms with Crippen molar-refractivity contribution in [1.82, 2.24) is 4.90 Å². The van der Waals surface area contributed by atoms with Crippen LogP contribution in [0.25, 0.3) is 0 Å². The molecule has 1 fully saturated rings. The summed E-state index contributed by atoms with van der Waals surface area (Å²) in [5, 5.41) is 0. The molecule has 1 aromatic rings. The first kappa shape index (κ1) is 14.7. The zero-order chi connectivity index (χ0) is 14.9. The second kappa shape index (κ2) is 5.34. The molecular weight excluding hydrogens is 269 g/mol. The van der Waals surface area contributed by atoms with Crippen molar-refractivity contribution in [3.05, 3.63) is 29.3 Å². The number of anilines is 1. The number of nitrogens with zero attached hydrogens (tertiary/aromatic N) is 1. The fourth-order valence-electron chi connectivity index (χ4n) is 2.37. The Kier molecular flexibility index (Phi) is 3.92. The predicted octanol–water partition coefficient (Wildman–Crippen LogP) is 2.99. The molecule has 0 spiro atoms. The van der Waals surface area contributed by atoms with Gasteiger partial charge in [0.1, 0.15) is 0 Å². The number of nitrogen functional groups attached to an aromatic ring is 1. The molecule has 2 N–H and O–H groups in total. The number of hydrogen-bond acceptors (Lipinski definition) is 2. The summed E-state index contributed by atoms with van der Waals surface area (Å²) in [4.78, 5) is 13.7. The maximum atomic E-state index is 12.6. The summed E-state index contributed by atoms with van der Waals surface area (Å²) >= 11 is 0. The summed E-state index contributed by atoms with van der Waals surface area (Å²) < 4.78 is 37.7. The monoisotopic (exact) mass is 286 g/mol. The van der Waals surface area contributed by atoms with E-state index in [4.69, 9.17) is 5.73 Å². The molecule has 1 aliphatic rings. The van der Waals surface area contributed by atoms with Gasteiger partial charge in [0, 0.05) is 24.3 Å². The standard InChI is InChI=1S/C14H17F3N2O/c1-9-2-3-10(8-12(9)18)13(20)19-6-4-11(5-7-19)14(15,16)17/h2-3,8,11H,4-7,18H2,1H3. The number of piperidine rings is 1. The highest BCUT2D eigenvalue weighted by atomic mass is 19.4. The van der Waals surface area contributed by atoms with Crippen LogP contribution in [0.2, 0.25) is 0 Å². The second-order valence-electron chi connectivity index (χ2n) is 5.18. The molecule has 3 nitrogen and oxygen atoms in total. The van der Waals surface area contributed by atoms with E-state index in [-0.39, 0.29) is 31.8 Å². The molecule has 1 aromatic carbocycles. The molecule has 0 radical (unpaired) electrons. The molecule has 0 unspecified atom stereocenters. The molecule has 0 bridgehead atoms. The summed E-state index contributed by atoms with van der Waals surface area (Å²) in [6, 6.07) is 4.97. The van der Waals surface area contributed by atoms with E-state index in [0.717, 1.165) is 5.56 Å². The minimum absolute atomic E-state index is 0.0312. The Labute approximate surface area is 115 Å². The molecular formula is C14H17F3N2O. The van der Waals surface area contributed by atoms with Gasteiger partial charge in [-0.25, -0.2) is 0 Å². The van der Waals surface area contributed by atoms with Crippen LogP contribution < -0.4 is 5.73 Å². The Bertz CT molecular complexity index is 506. The van der Waals surface area contributed by atoms with Crippen LogP contribution >= 0.6 is 0 Å². The zero-order valence-electron chi connectivity index (χ0n) is 11.2. The lowest BCUT2D eigenvalue weighted by Crippen LogP contribution is -2.42. The SMILES string of the molecule is Cc1ccc(C(=O)N2CCC(C(F)(F)F)CC2)cc1N. The number of amides is 1. The number of rotatable bonds is 1. The van der Waals surface area contributed by atoms with Crippen LogP contribution in [0.5, 0.6) is 0 Å². The Morgan fingerprint density at radius 3 is 2.40 bits per heavy atom. The lowest BCUT2D eigenvalue weighted by atomic mass is 9.95. The van der Waals surface area contributed by atoms with E-state index in [1.54, 1.807) is 18.2 Å². The summed E-state index contributed by atoms with van der Waals surface area (Å²) in [5.41, 5.74) is 7.56. The van der Waals surface area contributed by atoms with Crippen LogP contribution in [0.4, 0.5) is 18.9 Å². The first-order valence-electron chi connectivity index (χ1n) is 6.51. The normalized spacial score (nSPS) is 17.3. The van der Waals surface area contributed by atoms with Gasteiger partial charge in [0.05, 0.1) is 5.92 Å². The Balaban J connectivity index is 2.03. The lowest BCUT2D eigenvalue weighted by molar-refractivity contribution is -0.183. The minimum atomic E-state index is -4.16. The van der Waals surface area contributed by atoms with Crippen LogP contribution in [0.15, 0.2) is 18.2 Å². The summed E-state index contributed by atoms with van der Waals surface area (Å²) in [7, 11) is 0. The topological polar surface area (TPSA) is 46.3 Å². The van der Waals surface area contributed by atoms with Crippen LogP contribution in [0, 0.1) is 12.8 Å². The van der Waals surface area contributed by atoms with Crippen LogP contribution in [0.1, 0.15) is 28.8 Å². The van der Waals surface area contributed by atoms with Crippen molar-refractivity contribution in [2.45, 2.75) is 25.9 Å². The third-order valence-corrected chi connectivity index (χ3v) is 3.77. The first-order chi connectivity index (χ1) is 9.29. The number of likely N-dealkylation sites (tertiary alicyclic amines) is 1. The van der Waals surface area contributed by atoms with E-state index in [2.05, 4.69) is 0 Å². The number of alkyl halides is 3. The van der Waals surface area contributed by atoms with Crippen molar-refractivity contribution in [2.24, 2.45) is 5.92 Å². The van der Waals surface area contributed by atoms with Gasteiger partial charge in [-0.15, -0.1) is 0 Å². The highest BCUT2D eigenvalue weighted by Gasteiger charge is 2.41. The van der Waals surface area contributed by atoms with Gasteiger partial charge in [-0.1, -0.05) is 6.07 Å². The maximum Gasteiger partial charge on any atom is 0.391 e. The van der Waals surface area contributed by atoms with E-state index in [1.165, 1.54) is 4.90 Å². The van der Waals surface area contributed by atoms with E-state index in [0.29, 0.717) is 11.3 Å². The van der Waals surface area contributed by atoms with Crippen molar-refractivity contribution in [3.8, 4) is 0 Å². The van der Waals surface area contributed by atoms with Crippen molar-refractivity contribution in [3.63, 3.8) is 0 Å². The molecule has 1 amide bonds. The lowest BCUT2D eigenvalue weighted by Gasteiger charge is -2.33. The smallest absolute Gasteiger partial charge is 0.391 e. The first-order valence-corrected chi connectivity index (χ1v) is 6.51. The Hall–Kier alpha value is -1.72. The van der Waals surface area contributed by atoms with Crippen LogP contribution in [-0.4, -0.2) is 30.1 Å². The van der Waals surface area contributed by atoms with Gasteiger partial charge in [-0.3, -0.25) is 4.79 Å². The van der Waals surface area contributed by atoms with Crippen molar-refractivity contribution < 1.29 is 18.0 Å². The number of carbonyl (C=O) groups excluding carboxylic acids is 1. The van der Waals surface area contributed by atoms with Gasteiger partial charge >= 0.3 is 6.18 Å². The molecule has 1 aliphatic heterocycles. The van der Waals surface area contributed by atoms with Crippen LogP contribution in [0.3, 0.4) is 0 Å². The number of benzene rings is 1. The fraction of sp³-hybridized carbons (Fsp3) is 0.500. The third-order valence-electron chi connectivity index (χ3n) is 3.77. The molecule has 0 aromatic heterocycles. The second-order valence-corrected chi connectivity index (χ2v) is 5.18. The fourth-order valence-corrected chi connectivity index (χ4v) is 2.37. The summed E-state index contributed by atoms with van der Waals surface area (Å²) in [6.45, 7) is 2.10. The van der Waals surface area contributed by atoms with Crippen molar-refractivity contribution in [1.29, 1.82) is 0 Å². The number of halogens is 3. The summed E-state index contributed by atoms with van der Waals surface area (Å²) in [6.07, 6.45) is -4.23. The molecule has 20 heavy (non-hydrogen) atoms. The van der Waals surface area contributed by atoms with E-state index >= 15 is 0 Å².